The number of ether oxygens (including phenoxy) is 2. The van der Waals surface area contributed by atoms with E-state index in [2.05, 4.69) is 5.32 Å². The maximum Gasteiger partial charge on any atom is 0.414 e. The van der Waals surface area contributed by atoms with Gasteiger partial charge in [-0.05, 0) is 36.9 Å². The van der Waals surface area contributed by atoms with Crippen LogP contribution in [0.5, 0.6) is 11.5 Å². The highest BCUT2D eigenvalue weighted by Crippen LogP contribution is 2.23. The van der Waals surface area contributed by atoms with E-state index in [9.17, 15) is 9.18 Å². The summed E-state index contributed by atoms with van der Waals surface area (Å²) in [7, 11) is 5.10. The van der Waals surface area contributed by atoms with Crippen molar-refractivity contribution in [2.24, 2.45) is 0 Å². The lowest BCUT2D eigenvalue weighted by atomic mass is 10.0. The summed E-state index contributed by atoms with van der Waals surface area (Å²) in [4.78, 5) is 12.9. The second-order valence-electron chi connectivity index (χ2n) is 5.89. The lowest BCUT2D eigenvalue weighted by Gasteiger charge is -2.18. The Morgan fingerprint density at radius 1 is 1.19 bits per heavy atom. The van der Waals surface area contributed by atoms with Crippen LogP contribution < -0.4 is 14.8 Å². The Labute approximate surface area is 157 Å². The number of hydrogen-bond donors (Lipinski definition) is 1. The van der Waals surface area contributed by atoms with Crippen LogP contribution in [-0.2, 0) is 0 Å². The Morgan fingerprint density at radius 3 is 2.42 bits per heavy atom. The lowest BCUT2D eigenvalue weighted by Crippen LogP contribution is -2.25. The Morgan fingerprint density at radius 2 is 1.85 bits per heavy atom. The van der Waals surface area contributed by atoms with Gasteiger partial charge in [-0.1, -0.05) is 23.7 Å². The number of carbonyl (C=O) groups is 1. The summed E-state index contributed by atoms with van der Waals surface area (Å²) in [5.41, 5.74) is 1.03. The van der Waals surface area contributed by atoms with Crippen molar-refractivity contribution in [3.05, 3.63) is 58.9 Å². The number of benzene rings is 2. The Balaban J connectivity index is 1.91. The average molecular weight is 381 g/mol. The third-order valence-electron chi connectivity index (χ3n) is 3.77. The molecule has 5 nitrogen and oxygen atoms in total. The quantitative estimate of drug-likeness (QED) is 0.779. The zero-order valence-electron chi connectivity index (χ0n) is 15.0. The molecule has 0 aliphatic heterocycles. The van der Waals surface area contributed by atoms with Gasteiger partial charge in [-0.3, -0.25) is 0 Å². The van der Waals surface area contributed by atoms with Crippen molar-refractivity contribution < 1.29 is 18.7 Å². The van der Waals surface area contributed by atoms with Crippen LogP contribution in [0.2, 0.25) is 5.02 Å². The van der Waals surface area contributed by atoms with E-state index in [1.807, 2.05) is 19.2 Å². The van der Waals surface area contributed by atoms with Crippen molar-refractivity contribution in [3.8, 4) is 11.5 Å². The lowest BCUT2D eigenvalue weighted by molar-refractivity contribution is 0.172. The van der Waals surface area contributed by atoms with E-state index in [-0.39, 0.29) is 11.1 Å². The molecule has 2 aromatic carbocycles. The van der Waals surface area contributed by atoms with Crippen LogP contribution in [0, 0.1) is 5.82 Å². The predicted octanol–water partition coefficient (Wildman–Crippen LogP) is 4.27. The SMILES string of the molecule is CNC(CCOc1ccc(Cl)c(F)c1)c1ccc(OC(=O)N(C)C)cc1. The molecule has 2 rings (SSSR count). The van der Waals surface area contributed by atoms with Gasteiger partial charge < -0.3 is 19.7 Å². The molecular weight excluding hydrogens is 359 g/mol. The van der Waals surface area contributed by atoms with Gasteiger partial charge in [-0.2, -0.15) is 0 Å². The fourth-order valence-corrected chi connectivity index (χ4v) is 2.42. The summed E-state index contributed by atoms with van der Waals surface area (Å²) in [5, 5.41) is 3.28. The maximum atomic E-state index is 13.4. The number of halogens is 2. The van der Waals surface area contributed by atoms with E-state index >= 15 is 0 Å². The first-order valence-electron chi connectivity index (χ1n) is 8.15. The third-order valence-corrected chi connectivity index (χ3v) is 4.07. The summed E-state index contributed by atoms with van der Waals surface area (Å²) in [6, 6.07) is 11.7. The van der Waals surface area contributed by atoms with Gasteiger partial charge in [0.1, 0.15) is 17.3 Å². The fourth-order valence-electron chi connectivity index (χ4n) is 2.30. The molecule has 0 aliphatic rings. The molecule has 0 aliphatic carbocycles. The van der Waals surface area contributed by atoms with Gasteiger partial charge in [-0.25, -0.2) is 9.18 Å². The van der Waals surface area contributed by atoms with Crippen LogP contribution in [0.3, 0.4) is 0 Å². The van der Waals surface area contributed by atoms with Gasteiger partial charge in [0, 0.05) is 32.6 Å². The maximum absolute atomic E-state index is 13.4. The number of hydrogen-bond acceptors (Lipinski definition) is 4. The van der Waals surface area contributed by atoms with Crippen LogP contribution in [0.25, 0.3) is 0 Å². The van der Waals surface area contributed by atoms with Crippen molar-refractivity contribution in [3.63, 3.8) is 0 Å². The van der Waals surface area contributed by atoms with Crippen molar-refractivity contribution >= 4 is 17.7 Å². The van der Waals surface area contributed by atoms with Gasteiger partial charge in [0.25, 0.3) is 0 Å². The summed E-state index contributed by atoms with van der Waals surface area (Å²) in [5.74, 6) is 0.417. The first-order chi connectivity index (χ1) is 12.4. The summed E-state index contributed by atoms with van der Waals surface area (Å²) >= 11 is 5.65. The van der Waals surface area contributed by atoms with Crippen molar-refractivity contribution in [1.82, 2.24) is 10.2 Å². The fraction of sp³-hybridized carbons (Fsp3) is 0.316. The molecule has 26 heavy (non-hydrogen) atoms. The van der Waals surface area contributed by atoms with Crippen molar-refractivity contribution in [1.29, 1.82) is 0 Å². The number of carbonyl (C=O) groups excluding carboxylic acids is 1. The zero-order chi connectivity index (χ0) is 19.1. The van der Waals surface area contributed by atoms with Gasteiger partial charge in [0.15, 0.2) is 0 Å². The van der Waals surface area contributed by atoms with E-state index < -0.39 is 11.9 Å². The first kappa shape index (κ1) is 20.0. The highest BCUT2D eigenvalue weighted by molar-refractivity contribution is 6.30. The van der Waals surface area contributed by atoms with E-state index in [1.165, 1.54) is 17.0 Å². The van der Waals surface area contributed by atoms with Crippen molar-refractivity contribution in [2.45, 2.75) is 12.5 Å². The standard InChI is InChI=1S/C19H22ClFN2O3/c1-22-18(10-11-25-15-8-9-16(20)17(21)12-15)13-4-6-14(7-5-13)26-19(24)23(2)3/h4-9,12,18,22H,10-11H2,1-3H3. The van der Waals surface area contributed by atoms with Crippen molar-refractivity contribution in [2.75, 3.05) is 27.7 Å². The van der Waals surface area contributed by atoms with Gasteiger partial charge >= 0.3 is 6.09 Å². The first-order valence-corrected chi connectivity index (χ1v) is 8.52. The van der Waals surface area contributed by atoms with Crippen LogP contribution in [0.15, 0.2) is 42.5 Å². The second-order valence-corrected chi connectivity index (χ2v) is 6.29. The smallest absolute Gasteiger partial charge is 0.414 e. The molecule has 140 valence electrons. The topological polar surface area (TPSA) is 50.8 Å². The molecule has 1 unspecified atom stereocenters. The molecule has 0 saturated heterocycles. The number of rotatable bonds is 7. The number of nitrogens with one attached hydrogen (secondary N) is 1. The molecule has 7 heteroatoms. The molecule has 0 saturated carbocycles. The Bertz CT molecular complexity index is 738. The molecule has 2 aromatic rings. The van der Waals surface area contributed by atoms with Gasteiger partial charge in [0.05, 0.1) is 11.6 Å². The number of nitrogens with zero attached hydrogens (tertiary/aromatic N) is 1. The second kappa shape index (κ2) is 9.40. The molecule has 0 spiro atoms. The van der Waals surface area contributed by atoms with E-state index in [0.29, 0.717) is 24.5 Å². The third kappa shape index (κ3) is 5.61. The molecule has 0 heterocycles. The highest BCUT2D eigenvalue weighted by Gasteiger charge is 2.12. The Hall–Kier alpha value is -2.31. The molecule has 0 radical (unpaired) electrons. The summed E-state index contributed by atoms with van der Waals surface area (Å²) in [6.45, 7) is 0.407. The minimum absolute atomic E-state index is 0.0470. The van der Waals surface area contributed by atoms with Crippen LogP contribution in [0.1, 0.15) is 18.0 Å². The molecular formula is C19H22ClFN2O3. The molecule has 0 aromatic heterocycles. The van der Waals surface area contributed by atoms with Crippen LogP contribution in [0.4, 0.5) is 9.18 Å². The normalized spacial score (nSPS) is 11.7. The van der Waals surface area contributed by atoms with Crippen LogP contribution >= 0.6 is 11.6 Å². The summed E-state index contributed by atoms with van der Waals surface area (Å²) in [6.07, 6.45) is 0.254. The predicted molar refractivity (Wildman–Crippen MR) is 99.5 cm³/mol. The van der Waals surface area contributed by atoms with E-state index in [4.69, 9.17) is 21.1 Å². The van der Waals surface area contributed by atoms with Gasteiger partial charge in [-0.15, -0.1) is 0 Å². The number of amides is 1. The minimum atomic E-state index is -0.503. The summed E-state index contributed by atoms with van der Waals surface area (Å²) < 4.78 is 24.2. The average Bonchev–Trinajstić information content (AvgIpc) is 2.62. The molecule has 0 fully saturated rings. The van der Waals surface area contributed by atoms with Crippen LogP contribution in [-0.4, -0.2) is 38.7 Å². The monoisotopic (exact) mass is 380 g/mol. The van der Waals surface area contributed by atoms with Gasteiger partial charge in [0.2, 0.25) is 0 Å². The minimum Gasteiger partial charge on any atom is -0.493 e. The zero-order valence-corrected chi connectivity index (χ0v) is 15.7. The Kier molecular flexibility index (Phi) is 7.24. The molecule has 0 bridgehead atoms. The molecule has 1 amide bonds. The highest BCUT2D eigenvalue weighted by atomic mass is 35.5. The molecule has 1 atom stereocenters. The largest absolute Gasteiger partial charge is 0.493 e. The van der Waals surface area contributed by atoms with E-state index in [0.717, 1.165) is 5.56 Å². The molecule has 1 N–H and O–H groups in total. The van der Waals surface area contributed by atoms with E-state index in [1.54, 1.807) is 32.3 Å².